The van der Waals surface area contributed by atoms with Gasteiger partial charge in [0.2, 0.25) is 5.91 Å². The van der Waals surface area contributed by atoms with E-state index in [1.54, 1.807) is 36.4 Å². The van der Waals surface area contributed by atoms with Crippen LogP contribution in [0.3, 0.4) is 0 Å². The Hall–Kier alpha value is -3.60. The molecule has 0 saturated heterocycles. The summed E-state index contributed by atoms with van der Waals surface area (Å²) < 4.78 is 5.78. The van der Waals surface area contributed by atoms with E-state index < -0.39 is 0 Å². The predicted octanol–water partition coefficient (Wildman–Crippen LogP) is 5.00. The zero-order valence-electron chi connectivity index (χ0n) is 15.2. The number of anilines is 2. The highest BCUT2D eigenvalue weighted by molar-refractivity contribution is 6.05. The lowest BCUT2D eigenvalue weighted by atomic mass is 10.1. The molecule has 5 heteroatoms. The van der Waals surface area contributed by atoms with Crippen LogP contribution in [0, 0.1) is 6.92 Å². The number of nitrogens with one attached hydrogen (secondary N) is 2. The van der Waals surface area contributed by atoms with Crippen LogP contribution in [0.4, 0.5) is 11.4 Å². The van der Waals surface area contributed by atoms with Crippen molar-refractivity contribution in [2.75, 3.05) is 10.6 Å². The molecule has 3 aromatic carbocycles. The fraction of sp³-hybridized carbons (Fsp3) is 0.0909. The van der Waals surface area contributed by atoms with Gasteiger partial charge in [-0.3, -0.25) is 9.59 Å². The Labute approximate surface area is 158 Å². The van der Waals surface area contributed by atoms with Gasteiger partial charge in [-0.25, -0.2) is 0 Å². The van der Waals surface area contributed by atoms with Gasteiger partial charge >= 0.3 is 0 Å². The molecule has 0 saturated carbocycles. The van der Waals surface area contributed by atoms with Crippen molar-refractivity contribution >= 4 is 23.2 Å². The molecule has 0 aliphatic rings. The summed E-state index contributed by atoms with van der Waals surface area (Å²) in [5.41, 5.74) is 2.65. The van der Waals surface area contributed by atoms with Gasteiger partial charge in [0.1, 0.15) is 11.5 Å². The second kappa shape index (κ2) is 8.19. The van der Waals surface area contributed by atoms with E-state index in [4.69, 9.17) is 4.74 Å². The average Bonchev–Trinajstić information content (AvgIpc) is 2.65. The molecule has 0 aromatic heterocycles. The van der Waals surface area contributed by atoms with Crippen molar-refractivity contribution in [2.24, 2.45) is 0 Å². The highest BCUT2D eigenvalue weighted by Gasteiger charge is 2.10. The molecule has 0 heterocycles. The number of carbonyl (C=O) groups excluding carboxylic acids is 2. The molecular formula is C22H20N2O3. The first-order valence-corrected chi connectivity index (χ1v) is 8.54. The van der Waals surface area contributed by atoms with Crippen LogP contribution in [0.25, 0.3) is 0 Å². The third kappa shape index (κ3) is 4.95. The smallest absolute Gasteiger partial charge is 0.255 e. The number of benzene rings is 3. The SMILES string of the molecule is CC(=O)Nc1ccc(C)c(NC(=O)c2cccc(Oc3ccccc3)c2)c1. The number of amides is 2. The lowest BCUT2D eigenvalue weighted by molar-refractivity contribution is -0.114. The molecular weight excluding hydrogens is 340 g/mol. The molecule has 0 aliphatic heterocycles. The molecule has 27 heavy (non-hydrogen) atoms. The summed E-state index contributed by atoms with van der Waals surface area (Å²) in [6.07, 6.45) is 0. The van der Waals surface area contributed by atoms with Crippen molar-refractivity contribution in [1.82, 2.24) is 0 Å². The van der Waals surface area contributed by atoms with E-state index >= 15 is 0 Å². The van der Waals surface area contributed by atoms with Crippen molar-refractivity contribution in [3.05, 3.63) is 83.9 Å². The zero-order chi connectivity index (χ0) is 19.2. The highest BCUT2D eigenvalue weighted by atomic mass is 16.5. The third-order valence-corrected chi connectivity index (χ3v) is 3.88. The minimum absolute atomic E-state index is 0.165. The highest BCUT2D eigenvalue weighted by Crippen LogP contribution is 2.24. The maximum Gasteiger partial charge on any atom is 0.255 e. The van der Waals surface area contributed by atoms with Gasteiger partial charge in [0.05, 0.1) is 0 Å². The monoisotopic (exact) mass is 360 g/mol. The fourth-order valence-corrected chi connectivity index (χ4v) is 2.56. The van der Waals surface area contributed by atoms with Gasteiger partial charge in [-0.15, -0.1) is 0 Å². The number of aryl methyl sites for hydroxylation is 1. The maximum absolute atomic E-state index is 12.7. The zero-order valence-corrected chi connectivity index (χ0v) is 15.2. The summed E-state index contributed by atoms with van der Waals surface area (Å²) >= 11 is 0. The molecule has 0 radical (unpaired) electrons. The first-order valence-electron chi connectivity index (χ1n) is 8.54. The number of rotatable bonds is 5. The lowest BCUT2D eigenvalue weighted by Crippen LogP contribution is -2.13. The predicted molar refractivity (Wildman–Crippen MR) is 106 cm³/mol. The Balaban J connectivity index is 1.76. The Morgan fingerprint density at radius 3 is 2.30 bits per heavy atom. The summed E-state index contributed by atoms with van der Waals surface area (Å²) in [5, 5.41) is 5.60. The van der Waals surface area contributed by atoms with Crippen LogP contribution in [0.5, 0.6) is 11.5 Å². The first-order chi connectivity index (χ1) is 13.0. The lowest BCUT2D eigenvalue weighted by Gasteiger charge is -2.12. The van der Waals surface area contributed by atoms with Gasteiger partial charge in [0.25, 0.3) is 5.91 Å². The van der Waals surface area contributed by atoms with E-state index in [9.17, 15) is 9.59 Å². The van der Waals surface area contributed by atoms with Crippen molar-refractivity contribution in [2.45, 2.75) is 13.8 Å². The van der Waals surface area contributed by atoms with Crippen LogP contribution < -0.4 is 15.4 Å². The van der Waals surface area contributed by atoms with E-state index in [2.05, 4.69) is 10.6 Å². The van der Waals surface area contributed by atoms with Crippen LogP contribution in [-0.4, -0.2) is 11.8 Å². The number of hydrogen-bond donors (Lipinski definition) is 2. The Kier molecular flexibility index (Phi) is 5.52. The van der Waals surface area contributed by atoms with Crippen LogP contribution >= 0.6 is 0 Å². The van der Waals surface area contributed by atoms with Crippen molar-refractivity contribution in [1.29, 1.82) is 0 Å². The van der Waals surface area contributed by atoms with E-state index in [1.165, 1.54) is 6.92 Å². The molecule has 0 atom stereocenters. The van der Waals surface area contributed by atoms with Gasteiger partial charge < -0.3 is 15.4 Å². The summed E-state index contributed by atoms with van der Waals surface area (Å²) in [5.74, 6) is 0.866. The molecule has 5 nitrogen and oxygen atoms in total. The minimum Gasteiger partial charge on any atom is -0.457 e. The average molecular weight is 360 g/mol. The van der Waals surface area contributed by atoms with Crippen LogP contribution in [0.2, 0.25) is 0 Å². The molecule has 3 aromatic rings. The van der Waals surface area contributed by atoms with Crippen LogP contribution in [0.1, 0.15) is 22.8 Å². The number of ether oxygens (including phenoxy) is 1. The van der Waals surface area contributed by atoms with Crippen LogP contribution in [-0.2, 0) is 4.79 Å². The van der Waals surface area contributed by atoms with Gasteiger partial charge in [0, 0.05) is 23.9 Å². The van der Waals surface area contributed by atoms with Crippen molar-refractivity contribution in [3.8, 4) is 11.5 Å². The van der Waals surface area contributed by atoms with E-state index in [1.807, 2.05) is 43.3 Å². The first kappa shape index (κ1) is 18.2. The van der Waals surface area contributed by atoms with E-state index in [0.717, 1.165) is 5.56 Å². The maximum atomic E-state index is 12.7. The molecule has 0 unspecified atom stereocenters. The van der Waals surface area contributed by atoms with Gasteiger partial charge in [-0.05, 0) is 55.0 Å². The Morgan fingerprint density at radius 1 is 0.815 bits per heavy atom. The number of hydrogen-bond acceptors (Lipinski definition) is 3. The molecule has 0 spiro atoms. The van der Waals surface area contributed by atoms with Gasteiger partial charge in [-0.2, -0.15) is 0 Å². The normalized spacial score (nSPS) is 10.1. The molecule has 136 valence electrons. The van der Waals surface area contributed by atoms with Crippen LogP contribution in [0.15, 0.2) is 72.8 Å². The largest absolute Gasteiger partial charge is 0.457 e. The quantitative estimate of drug-likeness (QED) is 0.673. The molecule has 2 N–H and O–H groups in total. The number of carbonyl (C=O) groups is 2. The summed E-state index contributed by atoms with van der Waals surface area (Å²) in [4.78, 5) is 23.9. The molecule has 2 amide bonds. The molecule has 0 fully saturated rings. The van der Waals surface area contributed by atoms with Gasteiger partial charge in [0.15, 0.2) is 0 Å². The van der Waals surface area contributed by atoms with Gasteiger partial charge in [-0.1, -0.05) is 30.3 Å². The second-order valence-corrected chi connectivity index (χ2v) is 6.11. The van der Waals surface area contributed by atoms with E-state index in [0.29, 0.717) is 28.4 Å². The Morgan fingerprint density at radius 2 is 1.56 bits per heavy atom. The summed E-state index contributed by atoms with van der Waals surface area (Å²) in [6, 6.07) is 21.7. The Bertz CT molecular complexity index is 968. The number of para-hydroxylation sites is 1. The third-order valence-electron chi connectivity index (χ3n) is 3.88. The molecule has 3 rings (SSSR count). The van der Waals surface area contributed by atoms with Crippen molar-refractivity contribution < 1.29 is 14.3 Å². The second-order valence-electron chi connectivity index (χ2n) is 6.11. The molecule has 0 bridgehead atoms. The standard InChI is InChI=1S/C22H20N2O3/c1-15-11-12-18(23-16(2)25)14-21(15)24-22(26)17-7-6-10-20(13-17)27-19-8-4-3-5-9-19/h3-14H,1-2H3,(H,23,25)(H,24,26). The summed E-state index contributed by atoms with van der Waals surface area (Å²) in [7, 11) is 0. The van der Waals surface area contributed by atoms with E-state index in [-0.39, 0.29) is 11.8 Å². The van der Waals surface area contributed by atoms with Crippen molar-refractivity contribution in [3.63, 3.8) is 0 Å². The fourth-order valence-electron chi connectivity index (χ4n) is 2.56. The minimum atomic E-state index is -0.253. The summed E-state index contributed by atoms with van der Waals surface area (Å²) in [6.45, 7) is 3.33. The molecule has 0 aliphatic carbocycles. The topological polar surface area (TPSA) is 67.4 Å².